The molecule has 1 aliphatic rings. The van der Waals surface area contributed by atoms with Crippen LogP contribution in [-0.4, -0.2) is 0 Å². The molecule has 0 nitrogen and oxygen atoms in total. The minimum Gasteiger partial charge on any atom is -0.0620 e. The molecule has 0 saturated heterocycles. The fourth-order valence-electron chi connectivity index (χ4n) is 3.82. The highest BCUT2D eigenvalue weighted by Gasteiger charge is 2.24. The van der Waals surface area contributed by atoms with Crippen LogP contribution in [0.3, 0.4) is 0 Å². The van der Waals surface area contributed by atoms with Gasteiger partial charge in [0.1, 0.15) is 0 Å². The second-order valence-corrected chi connectivity index (χ2v) is 7.95. The van der Waals surface area contributed by atoms with E-state index in [4.69, 9.17) is 0 Å². The molecule has 4 rings (SSSR count). The Morgan fingerprint density at radius 2 is 1.46 bits per heavy atom. The van der Waals surface area contributed by atoms with E-state index in [0.29, 0.717) is 0 Å². The van der Waals surface area contributed by atoms with Crippen LogP contribution in [0.1, 0.15) is 43.0 Å². The zero-order chi connectivity index (χ0) is 16.9. The highest BCUT2D eigenvalue weighted by molar-refractivity contribution is 5.91. The Labute approximate surface area is 145 Å². The lowest BCUT2D eigenvalue weighted by Crippen LogP contribution is -2.11. The molecule has 0 unspecified atom stereocenters. The minimum absolute atomic E-state index is 0.197. The number of aryl methyl sites for hydroxylation is 1. The zero-order valence-corrected chi connectivity index (χ0v) is 15.0. The topological polar surface area (TPSA) is 0 Å². The van der Waals surface area contributed by atoms with Crippen molar-refractivity contribution in [1.82, 2.24) is 0 Å². The summed E-state index contributed by atoms with van der Waals surface area (Å²) in [4.78, 5) is 0. The first-order valence-electron chi connectivity index (χ1n) is 8.77. The Hall–Kier alpha value is -2.34. The lowest BCUT2D eigenvalue weighted by atomic mass is 9.85. The summed E-state index contributed by atoms with van der Waals surface area (Å²) in [5.41, 5.74) is 11.4. The van der Waals surface area contributed by atoms with Crippen molar-refractivity contribution in [2.75, 3.05) is 0 Å². The maximum absolute atomic E-state index is 2.41. The summed E-state index contributed by atoms with van der Waals surface area (Å²) in [6.45, 7) is 9.06. The van der Waals surface area contributed by atoms with Crippen molar-refractivity contribution < 1.29 is 0 Å². The van der Waals surface area contributed by atoms with Crippen molar-refractivity contribution >= 4 is 0 Å². The van der Waals surface area contributed by atoms with Gasteiger partial charge in [0.2, 0.25) is 0 Å². The first kappa shape index (κ1) is 15.2. The van der Waals surface area contributed by atoms with Crippen LogP contribution in [0.5, 0.6) is 0 Å². The van der Waals surface area contributed by atoms with E-state index in [1.54, 1.807) is 0 Å². The van der Waals surface area contributed by atoms with Gasteiger partial charge >= 0.3 is 0 Å². The molecule has 0 heterocycles. The van der Waals surface area contributed by atoms with E-state index in [9.17, 15) is 0 Å². The lowest BCUT2D eigenvalue weighted by Gasteiger charge is -2.20. The fraction of sp³-hybridized carbons (Fsp3) is 0.250. The van der Waals surface area contributed by atoms with E-state index in [1.165, 1.54) is 44.5 Å². The highest BCUT2D eigenvalue weighted by Crippen LogP contribution is 2.44. The molecule has 0 heteroatoms. The van der Waals surface area contributed by atoms with Crippen molar-refractivity contribution in [2.24, 2.45) is 0 Å². The van der Waals surface area contributed by atoms with Crippen molar-refractivity contribution in [3.63, 3.8) is 0 Å². The van der Waals surface area contributed by atoms with Gasteiger partial charge in [0, 0.05) is 0 Å². The molecule has 0 radical (unpaired) electrons. The first-order chi connectivity index (χ1) is 11.4. The molecule has 1 aliphatic carbocycles. The van der Waals surface area contributed by atoms with Gasteiger partial charge in [0.15, 0.2) is 0 Å². The van der Waals surface area contributed by atoms with Gasteiger partial charge in [-0.2, -0.15) is 0 Å². The van der Waals surface area contributed by atoms with Gasteiger partial charge < -0.3 is 0 Å². The van der Waals surface area contributed by atoms with Crippen molar-refractivity contribution in [3.05, 3.63) is 82.9 Å². The third-order valence-electron chi connectivity index (χ3n) is 5.21. The van der Waals surface area contributed by atoms with E-state index in [1.807, 2.05) is 0 Å². The third kappa shape index (κ3) is 2.38. The maximum atomic E-state index is 2.41. The van der Waals surface area contributed by atoms with Crippen LogP contribution < -0.4 is 0 Å². The molecular formula is C24H24. The summed E-state index contributed by atoms with van der Waals surface area (Å²) in [5.74, 6) is 0. The van der Waals surface area contributed by atoms with Crippen LogP contribution in [0, 0.1) is 6.92 Å². The van der Waals surface area contributed by atoms with Gasteiger partial charge in [-0.1, -0.05) is 81.4 Å². The molecule has 0 saturated carbocycles. The van der Waals surface area contributed by atoms with Gasteiger partial charge in [-0.15, -0.1) is 0 Å². The highest BCUT2D eigenvalue weighted by atomic mass is 14.3. The van der Waals surface area contributed by atoms with Crippen molar-refractivity contribution in [3.8, 4) is 22.3 Å². The predicted molar refractivity (Wildman–Crippen MR) is 104 cm³/mol. The average molecular weight is 312 g/mol. The summed E-state index contributed by atoms with van der Waals surface area (Å²) in [7, 11) is 0. The molecule has 24 heavy (non-hydrogen) atoms. The molecule has 0 aliphatic heterocycles. The minimum atomic E-state index is 0.197. The monoisotopic (exact) mass is 312 g/mol. The molecule has 120 valence electrons. The zero-order valence-electron chi connectivity index (χ0n) is 15.0. The number of hydrogen-bond acceptors (Lipinski definition) is 0. The van der Waals surface area contributed by atoms with Gasteiger partial charge in [0.05, 0.1) is 0 Å². The van der Waals surface area contributed by atoms with Gasteiger partial charge in [-0.05, 0) is 63.3 Å². The second kappa shape index (κ2) is 5.34. The molecule has 0 spiro atoms. The molecule has 0 atom stereocenters. The first-order valence-corrected chi connectivity index (χ1v) is 8.77. The lowest BCUT2D eigenvalue weighted by molar-refractivity contribution is 0.590. The van der Waals surface area contributed by atoms with Crippen LogP contribution in [0.25, 0.3) is 22.3 Å². The van der Waals surface area contributed by atoms with Crippen molar-refractivity contribution in [2.45, 2.75) is 39.5 Å². The molecule has 3 aromatic rings. The molecule has 3 aromatic carbocycles. The number of rotatable bonds is 1. The molecule has 0 aromatic heterocycles. The maximum Gasteiger partial charge on any atom is -0.00131 e. The van der Waals surface area contributed by atoms with Gasteiger partial charge in [-0.25, -0.2) is 0 Å². The second-order valence-electron chi connectivity index (χ2n) is 7.95. The van der Waals surface area contributed by atoms with E-state index in [2.05, 4.69) is 88.4 Å². The smallest absolute Gasteiger partial charge is 0.00131 e. The summed E-state index contributed by atoms with van der Waals surface area (Å²) in [6, 6.07) is 22.5. The van der Waals surface area contributed by atoms with Crippen LogP contribution in [0.15, 0.2) is 60.7 Å². The standard InChI is InChI=1S/C24H24/c1-16-8-5-6-10-20(16)22-11-7-9-17-14-18-15-19(24(2,3)4)12-13-21(18)23(17)22/h5-13,15H,14H2,1-4H3. The van der Waals surface area contributed by atoms with Gasteiger partial charge in [0.25, 0.3) is 0 Å². The Bertz CT molecular complexity index is 923. The predicted octanol–water partition coefficient (Wildman–Crippen LogP) is 6.53. The van der Waals surface area contributed by atoms with Gasteiger partial charge in [-0.3, -0.25) is 0 Å². The number of benzene rings is 3. The van der Waals surface area contributed by atoms with Crippen molar-refractivity contribution in [1.29, 1.82) is 0 Å². The van der Waals surface area contributed by atoms with Crippen LogP contribution in [-0.2, 0) is 11.8 Å². The van der Waals surface area contributed by atoms with E-state index in [-0.39, 0.29) is 5.41 Å². The van der Waals surface area contributed by atoms with E-state index < -0.39 is 0 Å². The molecule has 0 bridgehead atoms. The normalized spacial score (nSPS) is 12.8. The summed E-state index contributed by atoms with van der Waals surface area (Å²) < 4.78 is 0. The van der Waals surface area contributed by atoms with Crippen LogP contribution in [0.4, 0.5) is 0 Å². The third-order valence-corrected chi connectivity index (χ3v) is 5.21. The summed E-state index contributed by atoms with van der Waals surface area (Å²) >= 11 is 0. The van der Waals surface area contributed by atoms with E-state index >= 15 is 0 Å². The molecule has 0 N–H and O–H groups in total. The SMILES string of the molecule is Cc1ccccc1-c1cccc2c1-c1ccc(C(C)(C)C)cc1C2. The van der Waals surface area contributed by atoms with E-state index in [0.717, 1.165) is 6.42 Å². The largest absolute Gasteiger partial charge is 0.0620 e. The molecular weight excluding hydrogens is 288 g/mol. The van der Waals surface area contributed by atoms with Crippen LogP contribution >= 0.6 is 0 Å². The summed E-state index contributed by atoms with van der Waals surface area (Å²) in [5, 5.41) is 0. The van der Waals surface area contributed by atoms with Crippen LogP contribution in [0.2, 0.25) is 0 Å². The molecule has 0 amide bonds. The Morgan fingerprint density at radius 3 is 2.21 bits per heavy atom. The Balaban J connectivity index is 1.92. The Kier molecular flexibility index (Phi) is 3.38. The Morgan fingerprint density at radius 1 is 0.708 bits per heavy atom. The number of hydrogen-bond donors (Lipinski definition) is 0. The average Bonchev–Trinajstić information content (AvgIpc) is 2.92. The number of fused-ring (bicyclic) bond motifs is 3. The molecule has 0 fully saturated rings. The quantitative estimate of drug-likeness (QED) is 0.375. The summed E-state index contributed by atoms with van der Waals surface area (Å²) in [6.07, 6.45) is 1.05. The fourth-order valence-corrected chi connectivity index (χ4v) is 3.82.